The molecule has 1 aliphatic heterocycles. The molecule has 1 fully saturated rings. The van der Waals surface area contributed by atoms with Crippen LogP contribution >= 0.6 is 0 Å². The Morgan fingerprint density at radius 3 is 2.95 bits per heavy atom. The van der Waals surface area contributed by atoms with Crippen molar-refractivity contribution in [1.82, 2.24) is 24.6 Å². The minimum Gasteiger partial charge on any atom is -0.339 e. The summed E-state index contributed by atoms with van der Waals surface area (Å²) in [5, 5.41) is 4.18. The Labute approximate surface area is 114 Å². The van der Waals surface area contributed by atoms with E-state index in [0.717, 1.165) is 25.9 Å². The summed E-state index contributed by atoms with van der Waals surface area (Å²) in [6.45, 7) is 6.29. The second-order valence-electron chi connectivity index (χ2n) is 5.52. The van der Waals surface area contributed by atoms with Crippen LogP contribution in [0, 0.1) is 0 Å². The molecule has 1 atom stereocenters. The van der Waals surface area contributed by atoms with Gasteiger partial charge in [0.15, 0.2) is 0 Å². The normalized spacial score (nSPS) is 20.3. The first-order chi connectivity index (χ1) is 9.08. The number of likely N-dealkylation sites (N-methyl/N-ethyl adjacent to an activating group) is 1. The van der Waals surface area contributed by atoms with E-state index in [4.69, 9.17) is 0 Å². The number of nitrogens with zero attached hydrogens (tertiary/aromatic N) is 5. The standard InChI is InChI=1S/C13H23N5O/c1-11(2)16(3)8-13(19)17-6-4-5-12(7-17)18-10-14-9-15-18/h9-12H,4-8H2,1-3H3. The average Bonchev–Trinajstić information content (AvgIpc) is 2.92. The second-order valence-corrected chi connectivity index (χ2v) is 5.52. The van der Waals surface area contributed by atoms with Gasteiger partial charge >= 0.3 is 0 Å². The highest BCUT2D eigenvalue weighted by Gasteiger charge is 2.25. The zero-order valence-corrected chi connectivity index (χ0v) is 12.0. The third-order valence-electron chi connectivity index (χ3n) is 3.83. The lowest BCUT2D eigenvalue weighted by molar-refractivity contribution is -0.134. The molecular weight excluding hydrogens is 242 g/mol. The SMILES string of the molecule is CC(C)N(C)CC(=O)N1CCCC(n2cncn2)C1. The molecule has 0 bridgehead atoms. The Balaban J connectivity index is 1.92. The van der Waals surface area contributed by atoms with Crippen LogP contribution < -0.4 is 0 Å². The average molecular weight is 265 g/mol. The van der Waals surface area contributed by atoms with E-state index < -0.39 is 0 Å². The zero-order valence-electron chi connectivity index (χ0n) is 12.0. The maximum atomic E-state index is 12.3. The first kappa shape index (κ1) is 14.0. The summed E-state index contributed by atoms with van der Waals surface area (Å²) in [6.07, 6.45) is 5.38. The highest BCUT2D eigenvalue weighted by Crippen LogP contribution is 2.20. The van der Waals surface area contributed by atoms with Crippen molar-refractivity contribution in [1.29, 1.82) is 0 Å². The number of aromatic nitrogens is 3. The zero-order chi connectivity index (χ0) is 13.8. The second kappa shape index (κ2) is 6.14. The highest BCUT2D eigenvalue weighted by atomic mass is 16.2. The van der Waals surface area contributed by atoms with E-state index >= 15 is 0 Å². The van der Waals surface area contributed by atoms with Crippen LogP contribution in [0.3, 0.4) is 0 Å². The topological polar surface area (TPSA) is 54.3 Å². The Hall–Kier alpha value is -1.43. The van der Waals surface area contributed by atoms with Crippen molar-refractivity contribution >= 4 is 5.91 Å². The van der Waals surface area contributed by atoms with Crippen molar-refractivity contribution < 1.29 is 4.79 Å². The summed E-state index contributed by atoms with van der Waals surface area (Å²) in [6, 6.07) is 0.657. The fourth-order valence-electron chi connectivity index (χ4n) is 2.30. The fourth-order valence-corrected chi connectivity index (χ4v) is 2.30. The first-order valence-electron chi connectivity index (χ1n) is 6.90. The van der Waals surface area contributed by atoms with Crippen molar-refractivity contribution in [2.75, 3.05) is 26.7 Å². The number of carbonyl (C=O) groups excluding carboxylic acids is 1. The Bertz CT molecular complexity index is 403. The van der Waals surface area contributed by atoms with Crippen molar-refractivity contribution in [3.8, 4) is 0 Å². The van der Waals surface area contributed by atoms with Gasteiger partial charge in [-0.2, -0.15) is 5.10 Å². The molecule has 1 aliphatic rings. The number of hydrogen-bond donors (Lipinski definition) is 0. The van der Waals surface area contributed by atoms with E-state index in [1.807, 2.05) is 16.6 Å². The molecule has 1 unspecified atom stereocenters. The molecule has 1 aromatic rings. The van der Waals surface area contributed by atoms with Gasteiger partial charge < -0.3 is 4.90 Å². The van der Waals surface area contributed by atoms with Crippen LogP contribution in [0.2, 0.25) is 0 Å². The van der Waals surface area contributed by atoms with Gasteiger partial charge in [0.1, 0.15) is 12.7 Å². The lowest BCUT2D eigenvalue weighted by Gasteiger charge is -2.34. The van der Waals surface area contributed by atoms with Gasteiger partial charge in [0, 0.05) is 19.1 Å². The van der Waals surface area contributed by atoms with Crippen LogP contribution in [0.15, 0.2) is 12.7 Å². The minimum absolute atomic E-state index is 0.209. The summed E-state index contributed by atoms with van der Waals surface area (Å²) in [7, 11) is 1.99. The molecule has 19 heavy (non-hydrogen) atoms. The number of carbonyl (C=O) groups is 1. The molecule has 0 radical (unpaired) electrons. The van der Waals surface area contributed by atoms with Crippen molar-refractivity contribution in [3.63, 3.8) is 0 Å². The molecule has 0 aromatic carbocycles. The molecule has 0 spiro atoms. The molecular formula is C13H23N5O. The van der Waals surface area contributed by atoms with Gasteiger partial charge in [0.25, 0.3) is 0 Å². The summed E-state index contributed by atoms with van der Waals surface area (Å²) < 4.78 is 1.87. The molecule has 6 nitrogen and oxygen atoms in total. The van der Waals surface area contributed by atoms with Gasteiger partial charge in [0.05, 0.1) is 12.6 Å². The van der Waals surface area contributed by atoms with Crippen molar-refractivity contribution in [2.45, 2.75) is 38.8 Å². The highest BCUT2D eigenvalue weighted by molar-refractivity contribution is 5.78. The number of hydrogen-bond acceptors (Lipinski definition) is 4. The number of likely N-dealkylation sites (tertiary alicyclic amines) is 1. The molecule has 1 amide bonds. The molecule has 2 heterocycles. The van der Waals surface area contributed by atoms with Gasteiger partial charge in [-0.25, -0.2) is 9.67 Å². The van der Waals surface area contributed by atoms with Crippen LogP contribution in [-0.2, 0) is 4.79 Å². The molecule has 2 rings (SSSR count). The van der Waals surface area contributed by atoms with Crippen LogP contribution in [0.1, 0.15) is 32.7 Å². The monoisotopic (exact) mass is 265 g/mol. The van der Waals surface area contributed by atoms with E-state index in [9.17, 15) is 4.79 Å². The smallest absolute Gasteiger partial charge is 0.236 e. The molecule has 0 saturated carbocycles. The van der Waals surface area contributed by atoms with Gasteiger partial charge in [-0.1, -0.05) is 0 Å². The number of rotatable bonds is 4. The predicted molar refractivity (Wildman–Crippen MR) is 72.6 cm³/mol. The summed E-state index contributed by atoms with van der Waals surface area (Å²) in [5.74, 6) is 0.209. The van der Waals surface area contributed by atoms with Crippen LogP contribution in [0.4, 0.5) is 0 Å². The maximum absolute atomic E-state index is 12.3. The Kier molecular flexibility index (Phi) is 4.52. The lowest BCUT2D eigenvalue weighted by Crippen LogP contribution is -2.46. The van der Waals surface area contributed by atoms with Gasteiger partial charge in [-0.3, -0.25) is 9.69 Å². The van der Waals surface area contributed by atoms with Gasteiger partial charge in [-0.05, 0) is 33.7 Å². The van der Waals surface area contributed by atoms with Crippen LogP contribution in [0.5, 0.6) is 0 Å². The number of amides is 1. The largest absolute Gasteiger partial charge is 0.339 e. The molecule has 6 heteroatoms. The van der Waals surface area contributed by atoms with Gasteiger partial charge in [0.2, 0.25) is 5.91 Å². The number of piperidine rings is 1. The van der Waals surface area contributed by atoms with E-state index in [2.05, 4.69) is 28.8 Å². The molecule has 106 valence electrons. The maximum Gasteiger partial charge on any atom is 0.236 e. The Morgan fingerprint density at radius 2 is 2.32 bits per heavy atom. The molecule has 1 aromatic heterocycles. The lowest BCUT2D eigenvalue weighted by atomic mass is 10.1. The van der Waals surface area contributed by atoms with Crippen molar-refractivity contribution in [2.24, 2.45) is 0 Å². The van der Waals surface area contributed by atoms with E-state index in [-0.39, 0.29) is 11.9 Å². The third kappa shape index (κ3) is 3.53. The first-order valence-corrected chi connectivity index (χ1v) is 6.90. The predicted octanol–water partition coefficient (Wildman–Crippen LogP) is 0.782. The van der Waals surface area contributed by atoms with E-state index in [1.54, 1.807) is 12.7 Å². The quantitative estimate of drug-likeness (QED) is 0.807. The molecule has 1 saturated heterocycles. The summed E-state index contributed by atoms with van der Waals surface area (Å²) in [5.41, 5.74) is 0. The van der Waals surface area contributed by atoms with Crippen LogP contribution in [0.25, 0.3) is 0 Å². The Morgan fingerprint density at radius 1 is 1.53 bits per heavy atom. The summed E-state index contributed by atoms with van der Waals surface area (Å²) in [4.78, 5) is 20.3. The molecule has 0 N–H and O–H groups in total. The van der Waals surface area contributed by atoms with Gasteiger partial charge in [-0.15, -0.1) is 0 Å². The minimum atomic E-state index is 0.209. The van der Waals surface area contributed by atoms with E-state index in [0.29, 0.717) is 12.6 Å². The van der Waals surface area contributed by atoms with Crippen LogP contribution in [-0.4, -0.2) is 63.2 Å². The molecule has 0 aliphatic carbocycles. The summed E-state index contributed by atoms with van der Waals surface area (Å²) >= 11 is 0. The van der Waals surface area contributed by atoms with E-state index in [1.165, 1.54) is 0 Å². The fraction of sp³-hybridized carbons (Fsp3) is 0.769. The third-order valence-corrected chi connectivity index (χ3v) is 3.83. The van der Waals surface area contributed by atoms with Crippen molar-refractivity contribution in [3.05, 3.63) is 12.7 Å².